The zero-order valence-corrected chi connectivity index (χ0v) is 25.2. The van der Waals surface area contributed by atoms with Gasteiger partial charge in [-0.05, 0) is 19.1 Å². The minimum absolute atomic E-state index is 0.192. The van der Waals surface area contributed by atoms with Crippen LogP contribution in [0.4, 0.5) is 22.2 Å². The Morgan fingerprint density at radius 2 is 2.00 bits per heavy atom. The molecule has 1 aliphatic heterocycles. The number of benzene rings is 1. The van der Waals surface area contributed by atoms with Crippen molar-refractivity contribution < 1.29 is 14.1 Å². The standard InChI is InChI=1S/C29H35N9O3S/c1-18-17-40-13-12-37(18)11-10-36(5)26-30-15-22-25(34-26)42-28-32-21(16-38(22)28)19-6-8-20(9-7-19)31-27(39)33-24-14-23(41-35-24)29(2,3)4/h6-9,14-16,18H,10-13,17H2,1-5H3,(H2,31,33,35,39)/t18-/m1/s1. The SMILES string of the molecule is C[C@@H]1COCCN1CCN(C)c1ncc2c(n1)sc1nc(-c3ccc(NC(=O)Nc4cc(C(C)(C)C)on4)cc3)cn12. The number of nitrogens with zero attached hydrogens (tertiary/aromatic N) is 7. The topological polar surface area (TPSA) is 126 Å². The number of aromatic nitrogens is 5. The second kappa shape index (κ2) is 11.3. The first kappa shape index (κ1) is 28.1. The Morgan fingerprint density at radius 3 is 2.74 bits per heavy atom. The molecule has 12 nitrogen and oxygen atoms in total. The molecule has 5 aromatic rings. The fraction of sp³-hybridized carbons (Fsp3) is 0.414. The van der Waals surface area contributed by atoms with Gasteiger partial charge in [-0.2, -0.15) is 0 Å². The lowest BCUT2D eigenvalue weighted by Gasteiger charge is -2.34. The summed E-state index contributed by atoms with van der Waals surface area (Å²) < 4.78 is 12.9. The van der Waals surface area contributed by atoms with Crippen LogP contribution in [0.5, 0.6) is 0 Å². The number of imidazole rings is 1. The highest BCUT2D eigenvalue weighted by Crippen LogP contribution is 2.30. The molecule has 0 saturated carbocycles. The van der Waals surface area contributed by atoms with E-state index < -0.39 is 6.03 Å². The molecule has 1 aliphatic rings. The smallest absolute Gasteiger partial charge is 0.324 e. The Labute approximate surface area is 247 Å². The van der Waals surface area contributed by atoms with Gasteiger partial charge in [0, 0.05) is 61.7 Å². The van der Waals surface area contributed by atoms with Gasteiger partial charge in [0.05, 0.1) is 25.1 Å². The molecular weight excluding hydrogens is 554 g/mol. The zero-order valence-electron chi connectivity index (χ0n) is 24.4. The summed E-state index contributed by atoms with van der Waals surface area (Å²) >= 11 is 1.54. The molecule has 1 aromatic carbocycles. The van der Waals surface area contributed by atoms with E-state index in [-0.39, 0.29) is 5.41 Å². The molecule has 0 radical (unpaired) electrons. The van der Waals surface area contributed by atoms with Crippen LogP contribution in [0.3, 0.4) is 0 Å². The van der Waals surface area contributed by atoms with E-state index in [2.05, 4.69) is 37.5 Å². The lowest BCUT2D eigenvalue weighted by atomic mass is 9.93. The van der Waals surface area contributed by atoms with Gasteiger partial charge >= 0.3 is 6.03 Å². The number of nitrogens with one attached hydrogen (secondary N) is 2. The third-order valence-corrected chi connectivity index (χ3v) is 8.31. The van der Waals surface area contributed by atoms with E-state index in [1.54, 1.807) is 6.07 Å². The van der Waals surface area contributed by atoms with E-state index in [0.29, 0.717) is 29.3 Å². The van der Waals surface area contributed by atoms with E-state index in [9.17, 15) is 4.79 Å². The minimum Gasteiger partial charge on any atom is -0.379 e. The van der Waals surface area contributed by atoms with Gasteiger partial charge in [-0.1, -0.05) is 49.4 Å². The fourth-order valence-electron chi connectivity index (χ4n) is 4.77. The summed E-state index contributed by atoms with van der Waals surface area (Å²) in [5.74, 6) is 1.77. The van der Waals surface area contributed by atoms with E-state index >= 15 is 0 Å². The molecule has 1 atom stereocenters. The van der Waals surface area contributed by atoms with Gasteiger partial charge in [-0.15, -0.1) is 0 Å². The average Bonchev–Trinajstić information content (AvgIpc) is 3.67. The molecule has 13 heteroatoms. The van der Waals surface area contributed by atoms with Gasteiger partial charge in [-0.25, -0.2) is 19.7 Å². The van der Waals surface area contributed by atoms with Crippen LogP contribution < -0.4 is 15.5 Å². The molecule has 4 aromatic heterocycles. The van der Waals surface area contributed by atoms with Crippen molar-refractivity contribution in [1.29, 1.82) is 0 Å². The Balaban J connectivity index is 1.10. The first-order valence-corrected chi connectivity index (χ1v) is 14.8. The predicted octanol–water partition coefficient (Wildman–Crippen LogP) is 5.09. The van der Waals surface area contributed by atoms with Gasteiger partial charge in [0.15, 0.2) is 10.8 Å². The number of amides is 2. The number of rotatable bonds is 7. The van der Waals surface area contributed by atoms with Crippen molar-refractivity contribution in [3.8, 4) is 11.3 Å². The average molecular weight is 590 g/mol. The maximum atomic E-state index is 12.5. The van der Waals surface area contributed by atoms with Crippen molar-refractivity contribution in [3.63, 3.8) is 0 Å². The summed E-state index contributed by atoms with van der Waals surface area (Å²) in [6.45, 7) is 12.6. The Kier molecular flexibility index (Phi) is 7.56. The van der Waals surface area contributed by atoms with Crippen LogP contribution in [-0.2, 0) is 10.2 Å². The van der Waals surface area contributed by atoms with Crippen LogP contribution in [-0.4, -0.2) is 81.4 Å². The fourth-order valence-corrected chi connectivity index (χ4v) is 5.72. The number of carbonyl (C=O) groups is 1. The molecule has 2 amide bonds. The van der Waals surface area contributed by atoms with Crippen LogP contribution in [0.1, 0.15) is 33.5 Å². The van der Waals surface area contributed by atoms with Crippen LogP contribution in [0.15, 0.2) is 47.2 Å². The van der Waals surface area contributed by atoms with Crippen LogP contribution in [0.2, 0.25) is 0 Å². The van der Waals surface area contributed by atoms with Gasteiger partial charge in [0.25, 0.3) is 0 Å². The number of thiazole rings is 1. The molecule has 0 aliphatic carbocycles. The third kappa shape index (κ3) is 5.94. The van der Waals surface area contributed by atoms with Crippen molar-refractivity contribution in [2.24, 2.45) is 0 Å². The quantitative estimate of drug-likeness (QED) is 0.267. The summed E-state index contributed by atoms with van der Waals surface area (Å²) in [5, 5.41) is 9.45. The van der Waals surface area contributed by atoms with Crippen molar-refractivity contribution >= 4 is 50.1 Å². The highest BCUT2D eigenvalue weighted by Gasteiger charge is 2.21. The highest BCUT2D eigenvalue weighted by atomic mass is 32.1. The Morgan fingerprint density at radius 1 is 1.19 bits per heavy atom. The maximum absolute atomic E-state index is 12.5. The van der Waals surface area contributed by atoms with Crippen LogP contribution in [0.25, 0.3) is 26.6 Å². The summed E-state index contributed by atoms with van der Waals surface area (Å²) in [6, 6.07) is 9.29. The van der Waals surface area contributed by atoms with E-state index in [0.717, 1.165) is 59.4 Å². The monoisotopic (exact) mass is 589 g/mol. The predicted molar refractivity (Wildman–Crippen MR) is 165 cm³/mol. The van der Waals surface area contributed by atoms with Crippen LogP contribution >= 0.6 is 11.3 Å². The maximum Gasteiger partial charge on any atom is 0.324 e. The molecule has 1 saturated heterocycles. The van der Waals surface area contributed by atoms with E-state index in [1.165, 1.54) is 11.3 Å². The molecule has 42 heavy (non-hydrogen) atoms. The molecule has 6 rings (SSSR count). The van der Waals surface area contributed by atoms with Crippen molar-refractivity contribution in [1.82, 2.24) is 29.4 Å². The summed E-state index contributed by atoms with van der Waals surface area (Å²) in [7, 11) is 2.03. The molecule has 0 unspecified atom stereocenters. The van der Waals surface area contributed by atoms with Gasteiger partial charge in [-0.3, -0.25) is 14.6 Å². The normalized spacial score (nSPS) is 16.3. The number of fused-ring (bicyclic) bond motifs is 3. The number of anilines is 3. The van der Waals surface area contributed by atoms with Gasteiger partial charge in [0.1, 0.15) is 16.1 Å². The van der Waals surface area contributed by atoms with Crippen molar-refractivity contribution in [2.75, 3.05) is 55.4 Å². The lowest BCUT2D eigenvalue weighted by molar-refractivity contribution is 0.00123. The van der Waals surface area contributed by atoms with E-state index in [4.69, 9.17) is 19.2 Å². The lowest BCUT2D eigenvalue weighted by Crippen LogP contribution is -2.46. The molecule has 2 N–H and O–H groups in total. The first-order chi connectivity index (χ1) is 20.1. The molecule has 220 valence electrons. The minimum atomic E-state index is -0.397. The van der Waals surface area contributed by atoms with Crippen LogP contribution in [0, 0.1) is 0 Å². The number of hydrogen-bond acceptors (Lipinski definition) is 10. The number of ether oxygens (including phenoxy) is 1. The number of morpholine rings is 1. The second-order valence-electron chi connectivity index (χ2n) is 11.6. The molecule has 0 bridgehead atoms. The highest BCUT2D eigenvalue weighted by molar-refractivity contribution is 7.23. The Bertz CT molecular complexity index is 1700. The molecule has 0 spiro atoms. The summed E-state index contributed by atoms with van der Waals surface area (Å²) in [4.78, 5) is 33.0. The summed E-state index contributed by atoms with van der Waals surface area (Å²) in [6.07, 6.45) is 3.86. The van der Waals surface area contributed by atoms with E-state index in [1.807, 2.05) is 68.9 Å². The van der Waals surface area contributed by atoms with Gasteiger partial charge < -0.3 is 19.5 Å². The molecular formula is C29H35N9O3S. The number of likely N-dealkylation sites (N-methyl/N-ethyl adjacent to an activating group) is 1. The second-order valence-corrected chi connectivity index (χ2v) is 12.6. The first-order valence-electron chi connectivity index (χ1n) is 14.0. The Hall–Kier alpha value is -4.07. The third-order valence-electron chi connectivity index (χ3n) is 7.34. The summed E-state index contributed by atoms with van der Waals surface area (Å²) in [5.41, 5.74) is 3.14. The number of hydrogen-bond donors (Lipinski definition) is 2. The molecule has 1 fully saturated rings. The zero-order chi connectivity index (χ0) is 29.4. The molecule has 5 heterocycles. The number of carbonyl (C=O) groups excluding carboxylic acids is 1. The van der Waals surface area contributed by atoms with Gasteiger partial charge in [0.2, 0.25) is 5.95 Å². The number of urea groups is 1. The van der Waals surface area contributed by atoms with Crippen molar-refractivity contribution in [2.45, 2.75) is 39.2 Å². The van der Waals surface area contributed by atoms with Crippen molar-refractivity contribution in [3.05, 3.63) is 48.5 Å². The largest absolute Gasteiger partial charge is 0.379 e.